The second kappa shape index (κ2) is 9.08. The molecule has 8 nitrogen and oxygen atoms in total. The minimum Gasteiger partial charge on any atom is -0.493 e. The van der Waals surface area contributed by atoms with Crippen molar-refractivity contribution in [3.05, 3.63) is 41.3 Å². The smallest absolute Gasteiger partial charge is 0.255 e. The van der Waals surface area contributed by atoms with E-state index in [1.54, 1.807) is 0 Å². The van der Waals surface area contributed by atoms with Gasteiger partial charge in [-0.1, -0.05) is 11.6 Å². The first kappa shape index (κ1) is 22.4. The quantitative estimate of drug-likeness (QED) is 0.496. The number of H-pyrrole nitrogens is 1. The fourth-order valence-corrected chi connectivity index (χ4v) is 4.84. The molecule has 2 fully saturated rings. The number of carbonyl (C=O) groups is 2. The summed E-state index contributed by atoms with van der Waals surface area (Å²) in [5.41, 5.74) is 5.36. The van der Waals surface area contributed by atoms with Gasteiger partial charge in [0.05, 0.1) is 17.7 Å². The lowest BCUT2D eigenvalue weighted by Gasteiger charge is -2.14. The summed E-state index contributed by atoms with van der Waals surface area (Å²) in [6.45, 7) is 6.16. The molecule has 5 rings (SSSR count). The molecule has 178 valence electrons. The van der Waals surface area contributed by atoms with Gasteiger partial charge in [-0.05, 0) is 64.0 Å². The number of hydrogen-bond donors (Lipinski definition) is 3. The number of benzene rings is 1. The Bertz CT molecular complexity index is 1250. The first-order valence-corrected chi connectivity index (χ1v) is 12.0. The summed E-state index contributed by atoms with van der Waals surface area (Å²) >= 11 is 0. The van der Waals surface area contributed by atoms with E-state index in [9.17, 15) is 9.59 Å². The lowest BCUT2D eigenvalue weighted by Crippen LogP contribution is -2.36. The van der Waals surface area contributed by atoms with Crippen LogP contribution in [0, 0.1) is 19.8 Å². The van der Waals surface area contributed by atoms with Crippen LogP contribution < -0.4 is 15.4 Å². The van der Waals surface area contributed by atoms with E-state index in [2.05, 4.69) is 31.7 Å². The van der Waals surface area contributed by atoms with Crippen molar-refractivity contribution in [3.8, 4) is 17.0 Å². The van der Waals surface area contributed by atoms with Crippen molar-refractivity contribution in [3.63, 3.8) is 0 Å². The molecule has 1 aromatic carbocycles. The summed E-state index contributed by atoms with van der Waals surface area (Å²) in [5.74, 6) is 1.25. The van der Waals surface area contributed by atoms with Crippen molar-refractivity contribution >= 4 is 22.8 Å². The van der Waals surface area contributed by atoms with Gasteiger partial charge in [-0.2, -0.15) is 0 Å². The van der Waals surface area contributed by atoms with Crippen LogP contribution >= 0.6 is 0 Å². The molecule has 0 saturated heterocycles. The number of carbonyl (C=O) groups excluding carboxylic acids is 2. The Balaban J connectivity index is 1.44. The Morgan fingerprint density at radius 3 is 2.59 bits per heavy atom. The van der Waals surface area contributed by atoms with Crippen LogP contribution in [0.15, 0.2) is 24.5 Å². The highest BCUT2D eigenvalue weighted by Gasteiger charge is 2.29. The van der Waals surface area contributed by atoms with Gasteiger partial charge in [0.25, 0.3) is 5.91 Å². The van der Waals surface area contributed by atoms with E-state index >= 15 is 0 Å². The van der Waals surface area contributed by atoms with Gasteiger partial charge in [0.15, 0.2) is 0 Å². The van der Waals surface area contributed by atoms with E-state index in [4.69, 9.17) is 4.74 Å². The minimum atomic E-state index is -0.156. The molecule has 2 unspecified atom stereocenters. The Kier molecular flexibility index (Phi) is 5.98. The molecule has 3 N–H and O–H groups in total. The summed E-state index contributed by atoms with van der Waals surface area (Å²) in [5, 5.41) is 6.09. The second-order valence-electron chi connectivity index (χ2n) is 9.71. The normalized spacial score (nSPS) is 19.9. The molecule has 34 heavy (non-hydrogen) atoms. The molecule has 2 aliphatic rings. The number of nitrogens with zero attached hydrogens (tertiary/aromatic N) is 2. The number of ether oxygens (including phenoxy) is 1. The van der Waals surface area contributed by atoms with E-state index in [1.165, 1.54) is 26.1 Å². The predicted molar refractivity (Wildman–Crippen MR) is 130 cm³/mol. The van der Waals surface area contributed by atoms with Gasteiger partial charge < -0.3 is 20.4 Å². The summed E-state index contributed by atoms with van der Waals surface area (Å²) in [6, 6.07) is 6.24. The van der Waals surface area contributed by atoms with Crippen LogP contribution in [0.4, 0.5) is 0 Å². The van der Waals surface area contributed by atoms with Crippen molar-refractivity contribution in [2.45, 2.75) is 65.0 Å². The zero-order valence-electron chi connectivity index (χ0n) is 19.9. The number of aromatic nitrogens is 3. The lowest BCUT2D eigenvalue weighted by atomic mass is 10.1. The van der Waals surface area contributed by atoms with Gasteiger partial charge in [0.2, 0.25) is 5.91 Å². The largest absolute Gasteiger partial charge is 0.493 e. The van der Waals surface area contributed by atoms with E-state index in [-0.39, 0.29) is 23.9 Å². The zero-order chi connectivity index (χ0) is 23.8. The van der Waals surface area contributed by atoms with E-state index in [1.807, 2.05) is 26.0 Å². The van der Waals surface area contributed by atoms with Crippen LogP contribution in [0.25, 0.3) is 22.3 Å². The van der Waals surface area contributed by atoms with Gasteiger partial charge >= 0.3 is 0 Å². The summed E-state index contributed by atoms with van der Waals surface area (Å²) in [4.78, 5) is 37.0. The SMILES string of the molecule is CC(=O)NC1CCC(NC(=O)c2c(C)[nH]c3c(-c4cc(C)ccc4OCC4CC4)ncnc23)C1. The third-order valence-corrected chi connectivity index (χ3v) is 6.74. The molecule has 0 spiro atoms. The highest BCUT2D eigenvalue weighted by atomic mass is 16.5. The molecule has 3 aromatic rings. The van der Waals surface area contributed by atoms with Crippen LogP contribution in [0.5, 0.6) is 5.75 Å². The lowest BCUT2D eigenvalue weighted by molar-refractivity contribution is -0.119. The summed E-state index contributed by atoms with van der Waals surface area (Å²) in [7, 11) is 0. The molecule has 2 atom stereocenters. The molecular formula is C26H31N5O3. The molecule has 2 aliphatic carbocycles. The summed E-state index contributed by atoms with van der Waals surface area (Å²) < 4.78 is 6.15. The van der Waals surface area contributed by atoms with E-state index in [0.29, 0.717) is 23.6 Å². The number of aryl methyl sites for hydroxylation is 2. The number of aromatic amines is 1. The number of hydrogen-bond acceptors (Lipinski definition) is 5. The zero-order valence-corrected chi connectivity index (χ0v) is 19.9. The van der Waals surface area contributed by atoms with Gasteiger partial charge in [-0.15, -0.1) is 0 Å². The Morgan fingerprint density at radius 2 is 1.85 bits per heavy atom. The van der Waals surface area contributed by atoms with Crippen molar-refractivity contribution in [1.29, 1.82) is 0 Å². The highest BCUT2D eigenvalue weighted by Crippen LogP contribution is 2.37. The third kappa shape index (κ3) is 4.62. The maximum absolute atomic E-state index is 13.3. The van der Waals surface area contributed by atoms with Crippen molar-refractivity contribution < 1.29 is 14.3 Å². The van der Waals surface area contributed by atoms with Crippen LogP contribution in [-0.4, -0.2) is 45.5 Å². The first-order valence-electron chi connectivity index (χ1n) is 12.0. The average molecular weight is 462 g/mol. The molecular weight excluding hydrogens is 430 g/mol. The van der Waals surface area contributed by atoms with E-state index in [0.717, 1.165) is 53.0 Å². The second-order valence-corrected chi connectivity index (χ2v) is 9.71. The Labute approximate surface area is 198 Å². The molecule has 0 radical (unpaired) electrons. The Morgan fingerprint density at radius 1 is 1.09 bits per heavy atom. The van der Waals surface area contributed by atoms with Gasteiger partial charge in [0, 0.05) is 30.3 Å². The molecule has 2 saturated carbocycles. The third-order valence-electron chi connectivity index (χ3n) is 6.74. The van der Waals surface area contributed by atoms with Crippen molar-refractivity contribution in [1.82, 2.24) is 25.6 Å². The number of fused-ring (bicyclic) bond motifs is 1. The van der Waals surface area contributed by atoms with Gasteiger partial charge in [-0.25, -0.2) is 9.97 Å². The monoisotopic (exact) mass is 461 g/mol. The van der Waals surface area contributed by atoms with Gasteiger partial charge in [-0.3, -0.25) is 9.59 Å². The van der Waals surface area contributed by atoms with Crippen LogP contribution in [0.3, 0.4) is 0 Å². The molecule has 2 amide bonds. The standard InChI is InChI=1S/C26H31N5O3/c1-14-4-9-21(34-12-17-5-6-17)20(10-14)23-25-24(28-13-27-23)22(15(2)29-25)26(33)31-19-8-7-18(11-19)30-16(3)32/h4,9-10,13,17-19,29H,5-8,11-12H2,1-3H3,(H,30,32)(H,31,33). The fraction of sp³-hybridized carbons (Fsp3) is 0.462. The molecule has 8 heteroatoms. The van der Waals surface area contributed by atoms with Crippen LogP contribution in [-0.2, 0) is 4.79 Å². The van der Waals surface area contributed by atoms with Gasteiger partial charge in [0.1, 0.15) is 23.3 Å². The number of rotatable bonds is 7. The molecule has 2 aromatic heterocycles. The van der Waals surface area contributed by atoms with Crippen molar-refractivity contribution in [2.24, 2.45) is 5.92 Å². The predicted octanol–water partition coefficient (Wildman–Crippen LogP) is 3.82. The number of nitrogens with one attached hydrogen (secondary N) is 3. The van der Waals surface area contributed by atoms with E-state index < -0.39 is 0 Å². The van der Waals surface area contributed by atoms with Crippen LogP contribution in [0.2, 0.25) is 0 Å². The highest BCUT2D eigenvalue weighted by molar-refractivity contribution is 6.09. The van der Waals surface area contributed by atoms with Crippen molar-refractivity contribution in [2.75, 3.05) is 6.61 Å². The molecule has 2 heterocycles. The Hall–Kier alpha value is -3.42. The molecule has 0 aliphatic heterocycles. The maximum atomic E-state index is 13.3. The number of amides is 2. The minimum absolute atomic E-state index is 0.0224. The molecule has 0 bridgehead atoms. The average Bonchev–Trinajstić information content (AvgIpc) is 3.42. The topological polar surface area (TPSA) is 109 Å². The fourth-order valence-electron chi connectivity index (χ4n) is 4.84. The first-order chi connectivity index (χ1) is 16.4. The maximum Gasteiger partial charge on any atom is 0.255 e. The summed E-state index contributed by atoms with van der Waals surface area (Å²) in [6.07, 6.45) is 6.39. The van der Waals surface area contributed by atoms with Crippen LogP contribution in [0.1, 0.15) is 60.6 Å².